The highest BCUT2D eigenvalue weighted by Gasteiger charge is 2.21. The molecule has 4 heteroatoms. The van der Waals surface area contributed by atoms with Crippen LogP contribution in [-0.2, 0) is 4.74 Å². The summed E-state index contributed by atoms with van der Waals surface area (Å²) in [5.74, 6) is 1.79. The first-order valence-electron chi connectivity index (χ1n) is 7.94. The second-order valence-corrected chi connectivity index (χ2v) is 5.81. The number of hydrogen-bond acceptors (Lipinski definition) is 2. The average Bonchev–Trinajstić information content (AvgIpc) is 3.25. The van der Waals surface area contributed by atoms with Crippen LogP contribution in [0.5, 0.6) is 0 Å². The summed E-state index contributed by atoms with van der Waals surface area (Å²) < 4.78 is 5.95. The van der Waals surface area contributed by atoms with E-state index in [-0.39, 0.29) is 0 Å². The molecule has 0 saturated heterocycles. The summed E-state index contributed by atoms with van der Waals surface area (Å²) >= 11 is 0. The van der Waals surface area contributed by atoms with E-state index in [1.807, 2.05) is 7.05 Å². The predicted molar refractivity (Wildman–Crippen MR) is 79.5 cm³/mol. The van der Waals surface area contributed by atoms with Gasteiger partial charge >= 0.3 is 0 Å². The molecule has 2 rings (SSSR count). The Labute approximate surface area is 117 Å². The summed E-state index contributed by atoms with van der Waals surface area (Å²) in [4.78, 5) is 4.23. The molecule has 0 heterocycles. The second kappa shape index (κ2) is 8.41. The molecule has 19 heavy (non-hydrogen) atoms. The van der Waals surface area contributed by atoms with E-state index in [4.69, 9.17) is 4.74 Å². The largest absolute Gasteiger partial charge is 0.376 e. The van der Waals surface area contributed by atoms with Crippen molar-refractivity contribution in [2.24, 2.45) is 10.9 Å². The molecule has 4 nitrogen and oxygen atoms in total. The first-order chi connectivity index (χ1) is 9.38. The number of guanidine groups is 1. The van der Waals surface area contributed by atoms with Crippen LogP contribution in [0.25, 0.3) is 0 Å². The van der Waals surface area contributed by atoms with Gasteiger partial charge in [0.2, 0.25) is 0 Å². The van der Waals surface area contributed by atoms with Crippen molar-refractivity contribution in [3.8, 4) is 0 Å². The van der Waals surface area contributed by atoms with Crippen LogP contribution in [0.4, 0.5) is 0 Å². The zero-order valence-corrected chi connectivity index (χ0v) is 12.3. The molecule has 0 aliphatic heterocycles. The summed E-state index contributed by atoms with van der Waals surface area (Å²) in [5, 5.41) is 6.68. The minimum atomic E-state index is 0.491. The van der Waals surface area contributed by atoms with Gasteiger partial charge in [-0.1, -0.05) is 25.7 Å². The third-order valence-corrected chi connectivity index (χ3v) is 4.03. The van der Waals surface area contributed by atoms with E-state index >= 15 is 0 Å². The standard InChI is InChI=1S/C15H29N3O/c1-16-15(18-12-13-8-9-13)17-10-11-19-14-6-4-2-3-5-7-14/h13-14H,2-12H2,1H3,(H2,16,17,18). The third-order valence-electron chi connectivity index (χ3n) is 4.03. The highest BCUT2D eigenvalue weighted by atomic mass is 16.5. The van der Waals surface area contributed by atoms with Gasteiger partial charge in [-0.05, 0) is 31.6 Å². The molecular weight excluding hydrogens is 238 g/mol. The lowest BCUT2D eigenvalue weighted by Crippen LogP contribution is -2.40. The van der Waals surface area contributed by atoms with Crippen molar-refractivity contribution >= 4 is 5.96 Å². The zero-order chi connectivity index (χ0) is 13.3. The molecule has 2 saturated carbocycles. The number of nitrogens with one attached hydrogen (secondary N) is 2. The van der Waals surface area contributed by atoms with E-state index in [2.05, 4.69) is 15.6 Å². The Kier molecular flexibility index (Phi) is 6.48. The molecule has 0 atom stereocenters. The fourth-order valence-corrected chi connectivity index (χ4v) is 2.59. The minimum absolute atomic E-state index is 0.491. The molecule has 2 aliphatic carbocycles. The molecule has 0 bridgehead atoms. The van der Waals surface area contributed by atoms with Gasteiger partial charge in [-0.25, -0.2) is 0 Å². The Morgan fingerprint density at radius 2 is 1.79 bits per heavy atom. The molecule has 0 aromatic rings. The maximum atomic E-state index is 5.95. The number of aliphatic imine (C=N–C) groups is 1. The first-order valence-corrected chi connectivity index (χ1v) is 7.94. The van der Waals surface area contributed by atoms with Crippen LogP contribution in [0, 0.1) is 5.92 Å². The lowest BCUT2D eigenvalue weighted by molar-refractivity contribution is 0.0468. The maximum Gasteiger partial charge on any atom is 0.191 e. The van der Waals surface area contributed by atoms with Crippen molar-refractivity contribution < 1.29 is 4.74 Å². The van der Waals surface area contributed by atoms with E-state index in [0.717, 1.165) is 31.6 Å². The van der Waals surface area contributed by atoms with E-state index in [1.54, 1.807) is 0 Å². The van der Waals surface area contributed by atoms with E-state index in [1.165, 1.54) is 51.4 Å². The quantitative estimate of drug-likeness (QED) is 0.336. The van der Waals surface area contributed by atoms with Crippen LogP contribution < -0.4 is 10.6 Å². The van der Waals surface area contributed by atoms with Gasteiger partial charge in [0.1, 0.15) is 0 Å². The lowest BCUT2D eigenvalue weighted by atomic mass is 10.1. The molecule has 0 unspecified atom stereocenters. The Morgan fingerprint density at radius 3 is 2.42 bits per heavy atom. The monoisotopic (exact) mass is 267 g/mol. The van der Waals surface area contributed by atoms with Crippen molar-refractivity contribution in [1.82, 2.24) is 10.6 Å². The van der Waals surface area contributed by atoms with Gasteiger partial charge in [-0.3, -0.25) is 4.99 Å². The molecule has 0 amide bonds. The minimum Gasteiger partial charge on any atom is -0.376 e. The van der Waals surface area contributed by atoms with Crippen LogP contribution in [-0.4, -0.2) is 38.8 Å². The topological polar surface area (TPSA) is 45.7 Å². The molecule has 2 N–H and O–H groups in total. The highest BCUT2D eigenvalue weighted by Crippen LogP contribution is 2.27. The van der Waals surface area contributed by atoms with Crippen LogP contribution in [0.2, 0.25) is 0 Å². The van der Waals surface area contributed by atoms with Crippen LogP contribution in [0.1, 0.15) is 51.4 Å². The fourth-order valence-electron chi connectivity index (χ4n) is 2.59. The van der Waals surface area contributed by atoms with Crippen LogP contribution in [0.15, 0.2) is 4.99 Å². The van der Waals surface area contributed by atoms with E-state index < -0.39 is 0 Å². The van der Waals surface area contributed by atoms with Gasteiger partial charge < -0.3 is 15.4 Å². The maximum absolute atomic E-state index is 5.95. The van der Waals surface area contributed by atoms with Crippen molar-refractivity contribution in [2.45, 2.75) is 57.5 Å². The van der Waals surface area contributed by atoms with Gasteiger partial charge in [0.25, 0.3) is 0 Å². The molecule has 2 fully saturated rings. The van der Waals surface area contributed by atoms with Gasteiger partial charge in [-0.15, -0.1) is 0 Å². The zero-order valence-electron chi connectivity index (χ0n) is 12.3. The van der Waals surface area contributed by atoms with Crippen molar-refractivity contribution in [3.05, 3.63) is 0 Å². The SMILES string of the molecule is CN=C(NCCOC1CCCCCC1)NCC1CC1. The highest BCUT2D eigenvalue weighted by molar-refractivity contribution is 5.79. The number of rotatable bonds is 6. The Balaban J connectivity index is 1.51. The second-order valence-electron chi connectivity index (χ2n) is 5.81. The van der Waals surface area contributed by atoms with Gasteiger partial charge in [-0.2, -0.15) is 0 Å². The summed E-state index contributed by atoms with van der Waals surface area (Å²) in [7, 11) is 1.83. The normalized spacial score (nSPS) is 22.1. The van der Waals surface area contributed by atoms with Gasteiger partial charge in [0, 0.05) is 20.1 Å². The first kappa shape index (κ1) is 14.6. The molecule has 2 aliphatic rings. The predicted octanol–water partition coefficient (Wildman–Crippen LogP) is 2.30. The molecule has 110 valence electrons. The number of hydrogen-bond donors (Lipinski definition) is 2. The smallest absolute Gasteiger partial charge is 0.191 e. The van der Waals surface area contributed by atoms with E-state index in [0.29, 0.717) is 6.10 Å². The molecule has 0 radical (unpaired) electrons. The van der Waals surface area contributed by atoms with Gasteiger partial charge in [0.15, 0.2) is 5.96 Å². The Bertz CT molecular complexity index is 269. The average molecular weight is 267 g/mol. The third kappa shape index (κ3) is 6.28. The van der Waals surface area contributed by atoms with Crippen molar-refractivity contribution in [1.29, 1.82) is 0 Å². The Hall–Kier alpha value is -0.770. The summed E-state index contributed by atoms with van der Waals surface area (Å²) in [5.41, 5.74) is 0. The van der Waals surface area contributed by atoms with Crippen molar-refractivity contribution in [3.63, 3.8) is 0 Å². The molecular formula is C15H29N3O. The summed E-state index contributed by atoms with van der Waals surface area (Å²) in [6.07, 6.45) is 11.2. The van der Waals surface area contributed by atoms with Crippen LogP contribution in [0.3, 0.4) is 0 Å². The summed E-state index contributed by atoms with van der Waals surface area (Å²) in [6.45, 7) is 2.69. The lowest BCUT2D eigenvalue weighted by Gasteiger charge is -2.16. The molecule has 0 aromatic heterocycles. The number of ether oxygens (including phenoxy) is 1. The molecule has 0 aromatic carbocycles. The van der Waals surface area contributed by atoms with Gasteiger partial charge in [0.05, 0.1) is 12.7 Å². The van der Waals surface area contributed by atoms with Crippen LogP contribution >= 0.6 is 0 Å². The fraction of sp³-hybridized carbons (Fsp3) is 0.933. The van der Waals surface area contributed by atoms with Crippen molar-refractivity contribution in [2.75, 3.05) is 26.7 Å². The molecule has 0 spiro atoms. The summed E-state index contributed by atoms with van der Waals surface area (Å²) in [6, 6.07) is 0. The number of nitrogens with zero attached hydrogens (tertiary/aromatic N) is 1. The Morgan fingerprint density at radius 1 is 1.05 bits per heavy atom. The van der Waals surface area contributed by atoms with E-state index in [9.17, 15) is 0 Å².